The Balaban J connectivity index is 1.47. The minimum Gasteiger partial charge on any atom is -0.487 e. The number of aromatic nitrogens is 1. The van der Waals surface area contributed by atoms with Crippen molar-refractivity contribution in [2.24, 2.45) is 0 Å². The first-order valence-corrected chi connectivity index (χ1v) is 10.6. The first-order valence-electron chi connectivity index (χ1n) is 9.62. The van der Waals surface area contributed by atoms with Crippen molar-refractivity contribution in [2.45, 2.75) is 52.7 Å². The first kappa shape index (κ1) is 21.1. The second kappa shape index (κ2) is 10.2. The number of rotatable bonds is 10. The van der Waals surface area contributed by atoms with E-state index in [9.17, 15) is 4.79 Å². The van der Waals surface area contributed by atoms with Gasteiger partial charge in [0.05, 0.1) is 6.42 Å². The van der Waals surface area contributed by atoms with Crippen LogP contribution in [0.4, 0.5) is 0 Å². The van der Waals surface area contributed by atoms with Gasteiger partial charge in [0.15, 0.2) is 0 Å². The van der Waals surface area contributed by atoms with Crippen molar-refractivity contribution in [3.8, 4) is 17.2 Å². The molecule has 1 atom stereocenters. The van der Waals surface area contributed by atoms with Crippen LogP contribution in [0.1, 0.15) is 43.7 Å². The number of ether oxygens (including phenoxy) is 1. The molecule has 2 aromatic heterocycles. The van der Waals surface area contributed by atoms with Gasteiger partial charge in [-0.2, -0.15) is 16.2 Å². The molecule has 3 rings (SSSR count). The molecule has 2 heterocycles. The molecular weight excluding hydrogens is 390 g/mol. The maximum Gasteiger partial charge on any atom is 0.342 e. The number of aryl methyl sites for hydroxylation is 2. The van der Waals surface area contributed by atoms with Crippen LogP contribution in [0.3, 0.4) is 0 Å². The Morgan fingerprint density at radius 2 is 2.03 bits per heavy atom. The molecule has 1 unspecified atom stereocenters. The van der Waals surface area contributed by atoms with Crippen LogP contribution in [0, 0.1) is 6.92 Å². The zero-order valence-corrected chi connectivity index (χ0v) is 17.7. The zero-order chi connectivity index (χ0) is 20.6. The first-order chi connectivity index (χ1) is 14.0. The van der Waals surface area contributed by atoms with Crippen molar-refractivity contribution >= 4 is 17.3 Å². The summed E-state index contributed by atoms with van der Waals surface area (Å²) in [4.78, 5) is 26.0. The molecule has 154 valence electrons. The van der Waals surface area contributed by atoms with Crippen LogP contribution in [0.25, 0.3) is 11.5 Å². The fourth-order valence-corrected chi connectivity index (χ4v) is 3.10. The standard InChI is InChI=1S/C22H25NO5S/c1-4-15(2)27-28-21(24)10-7-17-5-8-19(9-6-17)25-13-20-16(3)26-22(23-20)18-11-12-29-14-18/h5-6,8-9,11-12,14-15H,4,7,10,13H2,1-3H3. The topological polar surface area (TPSA) is 70.8 Å². The predicted octanol–water partition coefficient (Wildman–Crippen LogP) is 5.50. The number of carbonyl (C=O) groups excluding carboxylic acids is 1. The number of oxazole rings is 1. The van der Waals surface area contributed by atoms with Gasteiger partial charge in [0, 0.05) is 10.9 Å². The van der Waals surface area contributed by atoms with Gasteiger partial charge in [-0.25, -0.2) is 9.78 Å². The summed E-state index contributed by atoms with van der Waals surface area (Å²) in [5.74, 6) is 1.73. The minimum absolute atomic E-state index is 0.0925. The summed E-state index contributed by atoms with van der Waals surface area (Å²) in [7, 11) is 0. The highest BCUT2D eigenvalue weighted by Gasteiger charge is 2.12. The largest absolute Gasteiger partial charge is 0.487 e. The van der Waals surface area contributed by atoms with Gasteiger partial charge < -0.3 is 9.15 Å². The summed E-state index contributed by atoms with van der Waals surface area (Å²) in [5.41, 5.74) is 2.77. The van der Waals surface area contributed by atoms with Gasteiger partial charge in [-0.15, -0.1) is 0 Å². The lowest BCUT2D eigenvalue weighted by atomic mass is 10.1. The Morgan fingerprint density at radius 1 is 1.24 bits per heavy atom. The molecule has 6 nitrogen and oxygen atoms in total. The SMILES string of the molecule is CCC(C)OOC(=O)CCc1ccc(OCc2nc(-c3ccsc3)oc2C)cc1. The van der Waals surface area contributed by atoms with Gasteiger partial charge in [0.25, 0.3) is 0 Å². The van der Waals surface area contributed by atoms with Crippen LogP contribution < -0.4 is 4.74 Å². The lowest BCUT2D eigenvalue weighted by Gasteiger charge is -2.09. The number of hydrogen-bond donors (Lipinski definition) is 0. The number of carbonyl (C=O) groups is 1. The van der Waals surface area contributed by atoms with Crippen LogP contribution in [0.5, 0.6) is 5.75 Å². The molecule has 0 saturated carbocycles. The Bertz CT molecular complexity index is 902. The average molecular weight is 416 g/mol. The van der Waals surface area contributed by atoms with Crippen molar-refractivity contribution in [2.75, 3.05) is 0 Å². The van der Waals surface area contributed by atoms with E-state index >= 15 is 0 Å². The summed E-state index contributed by atoms with van der Waals surface area (Å²) >= 11 is 1.60. The van der Waals surface area contributed by atoms with Crippen LogP contribution >= 0.6 is 11.3 Å². The lowest BCUT2D eigenvalue weighted by Crippen LogP contribution is -2.13. The van der Waals surface area contributed by atoms with E-state index in [0.717, 1.165) is 34.8 Å². The van der Waals surface area contributed by atoms with Crippen LogP contribution in [0.2, 0.25) is 0 Å². The van der Waals surface area contributed by atoms with Gasteiger partial charge in [-0.3, -0.25) is 4.89 Å². The van der Waals surface area contributed by atoms with Gasteiger partial charge in [-0.1, -0.05) is 19.1 Å². The lowest BCUT2D eigenvalue weighted by molar-refractivity contribution is -0.294. The molecule has 29 heavy (non-hydrogen) atoms. The molecule has 0 fully saturated rings. The van der Waals surface area contributed by atoms with Crippen molar-refractivity contribution < 1.29 is 23.7 Å². The van der Waals surface area contributed by atoms with E-state index in [-0.39, 0.29) is 18.5 Å². The molecule has 0 amide bonds. The summed E-state index contributed by atoms with van der Waals surface area (Å²) < 4.78 is 11.6. The van der Waals surface area contributed by atoms with E-state index in [1.165, 1.54) is 0 Å². The molecule has 7 heteroatoms. The second-order valence-corrected chi connectivity index (χ2v) is 7.52. The van der Waals surface area contributed by atoms with E-state index in [1.807, 2.05) is 61.9 Å². The molecule has 0 bridgehead atoms. The quantitative estimate of drug-likeness (QED) is 0.322. The fourth-order valence-electron chi connectivity index (χ4n) is 2.47. The van der Waals surface area contributed by atoms with E-state index in [0.29, 0.717) is 18.9 Å². The third-order valence-corrected chi connectivity index (χ3v) is 5.14. The maximum absolute atomic E-state index is 11.7. The molecule has 0 aliphatic rings. The van der Waals surface area contributed by atoms with E-state index < -0.39 is 0 Å². The van der Waals surface area contributed by atoms with Gasteiger partial charge >= 0.3 is 5.97 Å². The van der Waals surface area contributed by atoms with E-state index in [2.05, 4.69) is 4.98 Å². The molecule has 0 aliphatic carbocycles. The number of nitrogens with zero attached hydrogens (tertiary/aromatic N) is 1. The third-order valence-electron chi connectivity index (χ3n) is 4.46. The van der Waals surface area contributed by atoms with E-state index in [1.54, 1.807) is 11.3 Å². The van der Waals surface area contributed by atoms with Crippen molar-refractivity contribution in [1.82, 2.24) is 4.98 Å². The Morgan fingerprint density at radius 3 is 2.72 bits per heavy atom. The summed E-state index contributed by atoms with van der Waals surface area (Å²) in [6.07, 6.45) is 1.54. The van der Waals surface area contributed by atoms with Crippen LogP contribution in [0.15, 0.2) is 45.5 Å². The second-order valence-electron chi connectivity index (χ2n) is 6.74. The van der Waals surface area contributed by atoms with E-state index in [4.69, 9.17) is 18.9 Å². The van der Waals surface area contributed by atoms with Crippen LogP contribution in [-0.2, 0) is 27.6 Å². The Hall–Kier alpha value is -2.64. The Kier molecular flexibility index (Phi) is 7.43. The predicted molar refractivity (Wildman–Crippen MR) is 111 cm³/mol. The van der Waals surface area contributed by atoms with Crippen molar-refractivity contribution in [3.63, 3.8) is 0 Å². The molecule has 3 aromatic rings. The summed E-state index contributed by atoms with van der Waals surface area (Å²) in [6, 6.07) is 9.61. The summed E-state index contributed by atoms with van der Waals surface area (Å²) in [6.45, 7) is 6.04. The van der Waals surface area contributed by atoms with Gasteiger partial charge in [0.1, 0.15) is 29.9 Å². The highest BCUT2D eigenvalue weighted by molar-refractivity contribution is 7.08. The minimum atomic E-state index is -0.367. The molecule has 0 aliphatic heterocycles. The average Bonchev–Trinajstić information content (AvgIpc) is 3.39. The molecule has 0 saturated heterocycles. The zero-order valence-electron chi connectivity index (χ0n) is 16.8. The van der Waals surface area contributed by atoms with Gasteiger partial charge in [0.2, 0.25) is 5.89 Å². The van der Waals surface area contributed by atoms with Crippen molar-refractivity contribution in [1.29, 1.82) is 0 Å². The smallest absolute Gasteiger partial charge is 0.342 e. The Labute approximate surface area is 174 Å². The third kappa shape index (κ3) is 6.17. The molecular formula is C22H25NO5S. The molecule has 1 aromatic carbocycles. The summed E-state index contributed by atoms with van der Waals surface area (Å²) in [5, 5.41) is 3.99. The maximum atomic E-state index is 11.7. The number of hydrogen-bond acceptors (Lipinski definition) is 7. The normalized spacial score (nSPS) is 12.0. The highest BCUT2D eigenvalue weighted by atomic mass is 32.1. The molecule has 0 radical (unpaired) electrons. The fraction of sp³-hybridized carbons (Fsp3) is 0.364. The van der Waals surface area contributed by atoms with Crippen LogP contribution in [-0.4, -0.2) is 17.1 Å². The molecule has 0 spiro atoms. The van der Waals surface area contributed by atoms with Gasteiger partial charge in [-0.05, 0) is 55.8 Å². The van der Waals surface area contributed by atoms with Crippen molar-refractivity contribution in [3.05, 3.63) is 58.1 Å². The molecule has 0 N–H and O–H groups in total. The monoisotopic (exact) mass is 415 g/mol. The number of thiophene rings is 1. The highest BCUT2D eigenvalue weighted by Crippen LogP contribution is 2.24. The number of benzene rings is 1.